The van der Waals surface area contributed by atoms with Crippen molar-refractivity contribution in [2.75, 3.05) is 0 Å². The summed E-state index contributed by atoms with van der Waals surface area (Å²) in [7, 11) is 0. The molecular weight excluding hydrogens is 290 g/mol. The number of halogens is 1. The van der Waals surface area contributed by atoms with Gasteiger partial charge in [-0.3, -0.25) is 9.97 Å². The fraction of sp³-hybridized carbons (Fsp3) is 0.357. The molecule has 0 bridgehead atoms. The quantitative estimate of drug-likeness (QED) is 0.809. The van der Waals surface area contributed by atoms with Gasteiger partial charge in [0.1, 0.15) is 5.52 Å². The Hall–Kier alpha value is -1.47. The molecule has 0 spiro atoms. The van der Waals surface area contributed by atoms with Crippen LogP contribution in [0, 0.1) is 17.2 Å². The summed E-state index contributed by atoms with van der Waals surface area (Å²) in [5.41, 5.74) is 2.42. The summed E-state index contributed by atoms with van der Waals surface area (Å²) in [5, 5.41) is 9.47. The minimum Gasteiger partial charge on any atom is -0.253 e. The van der Waals surface area contributed by atoms with E-state index in [0.717, 1.165) is 33.9 Å². The first kappa shape index (κ1) is 11.6. The molecule has 0 amide bonds. The van der Waals surface area contributed by atoms with Crippen LogP contribution in [0.2, 0.25) is 0 Å². The first-order chi connectivity index (χ1) is 8.64. The Morgan fingerprint density at radius 3 is 2.72 bits per heavy atom. The van der Waals surface area contributed by atoms with E-state index in [1.165, 1.54) is 0 Å². The van der Waals surface area contributed by atoms with Crippen LogP contribution in [-0.2, 0) is 5.41 Å². The second-order valence-electron chi connectivity index (χ2n) is 5.09. The number of rotatable bonds is 1. The number of nitriles is 1. The topological polar surface area (TPSA) is 49.6 Å². The SMILES string of the molecule is CC1CC(C#N)(c2cc(Br)c3nccnc3c2)C1. The molecule has 1 aromatic heterocycles. The summed E-state index contributed by atoms with van der Waals surface area (Å²) >= 11 is 3.53. The number of fused-ring (bicyclic) bond motifs is 1. The Morgan fingerprint density at radius 1 is 1.33 bits per heavy atom. The van der Waals surface area contributed by atoms with Gasteiger partial charge in [0, 0.05) is 16.9 Å². The first-order valence-electron chi connectivity index (χ1n) is 5.97. The highest BCUT2D eigenvalue weighted by Crippen LogP contribution is 2.48. The van der Waals surface area contributed by atoms with E-state index in [9.17, 15) is 5.26 Å². The van der Waals surface area contributed by atoms with E-state index < -0.39 is 0 Å². The molecule has 0 unspecified atom stereocenters. The molecule has 1 saturated carbocycles. The van der Waals surface area contributed by atoms with Crippen molar-refractivity contribution in [3.05, 3.63) is 34.6 Å². The zero-order valence-corrected chi connectivity index (χ0v) is 11.6. The Balaban J connectivity index is 2.17. The number of benzene rings is 1. The Bertz CT molecular complexity index is 654. The average molecular weight is 302 g/mol. The zero-order chi connectivity index (χ0) is 12.8. The monoisotopic (exact) mass is 301 g/mol. The van der Waals surface area contributed by atoms with Gasteiger partial charge in [-0.15, -0.1) is 0 Å². The first-order valence-corrected chi connectivity index (χ1v) is 6.76. The van der Waals surface area contributed by atoms with Crippen LogP contribution < -0.4 is 0 Å². The lowest BCUT2D eigenvalue weighted by atomic mass is 9.60. The summed E-state index contributed by atoms with van der Waals surface area (Å²) in [5.74, 6) is 0.626. The summed E-state index contributed by atoms with van der Waals surface area (Å²) in [6.07, 6.45) is 5.22. The maximum atomic E-state index is 9.47. The average Bonchev–Trinajstić information content (AvgIpc) is 2.34. The van der Waals surface area contributed by atoms with Gasteiger partial charge < -0.3 is 0 Å². The van der Waals surface area contributed by atoms with Crippen molar-refractivity contribution in [3.8, 4) is 6.07 Å². The zero-order valence-electron chi connectivity index (χ0n) is 10.0. The number of hydrogen-bond acceptors (Lipinski definition) is 3. The summed E-state index contributed by atoms with van der Waals surface area (Å²) < 4.78 is 0.914. The molecule has 1 aliphatic rings. The second-order valence-corrected chi connectivity index (χ2v) is 5.94. The summed E-state index contributed by atoms with van der Waals surface area (Å²) in [4.78, 5) is 8.62. The van der Waals surface area contributed by atoms with E-state index >= 15 is 0 Å². The van der Waals surface area contributed by atoms with Crippen LogP contribution in [0.25, 0.3) is 11.0 Å². The molecule has 18 heavy (non-hydrogen) atoms. The van der Waals surface area contributed by atoms with Gasteiger partial charge in [0.05, 0.1) is 17.0 Å². The third-order valence-electron chi connectivity index (χ3n) is 3.69. The number of hydrogen-bond donors (Lipinski definition) is 0. The van der Waals surface area contributed by atoms with Gasteiger partial charge in [0.25, 0.3) is 0 Å². The van der Waals surface area contributed by atoms with Crippen molar-refractivity contribution >= 4 is 27.0 Å². The third-order valence-corrected chi connectivity index (χ3v) is 4.29. The van der Waals surface area contributed by atoms with Gasteiger partial charge in [0.15, 0.2) is 0 Å². The van der Waals surface area contributed by atoms with Crippen LogP contribution in [0.3, 0.4) is 0 Å². The van der Waals surface area contributed by atoms with Crippen LogP contribution >= 0.6 is 15.9 Å². The lowest BCUT2D eigenvalue weighted by Crippen LogP contribution is -2.38. The van der Waals surface area contributed by atoms with Gasteiger partial charge in [-0.2, -0.15) is 5.26 Å². The predicted molar refractivity (Wildman–Crippen MR) is 72.9 cm³/mol. The van der Waals surface area contributed by atoms with E-state index in [4.69, 9.17) is 0 Å². The highest BCUT2D eigenvalue weighted by Gasteiger charge is 2.44. The highest BCUT2D eigenvalue weighted by atomic mass is 79.9. The molecule has 1 fully saturated rings. The summed E-state index contributed by atoms with van der Waals surface area (Å²) in [6, 6.07) is 6.51. The predicted octanol–water partition coefficient (Wildman–Crippen LogP) is 3.58. The Labute approximate surface area is 114 Å². The van der Waals surface area contributed by atoms with Crippen LogP contribution in [0.4, 0.5) is 0 Å². The van der Waals surface area contributed by atoms with Crippen LogP contribution in [0.15, 0.2) is 29.0 Å². The molecule has 1 aliphatic carbocycles. The molecule has 0 atom stereocenters. The molecule has 1 heterocycles. The maximum absolute atomic E-state index is 9.47. The largest absolute Gasteiger partial charge is 0.253 e. The van der Waals surface area contributed by atoms with Crippen molar-refractivity contribution in [1.29, 1.82) is 5.26 Å². The molecule has 0 N–H and O–H groups in total. The molecule has 90 valence electrons. The van der Waals surface area contributed by atoms with Gasteiger partial charge in [-0.25, -0.2) is 0 Å². The van der Waals surface area contributed by atoms with Crippen LogP contribution in [0.5, 0.6) is 0 Å². The van der Waals surface area contributed by atoms with Crippen LogP contribution in [-0.4, -0.2) is 9.97 Å². The smallest absolute Gasteiger partial charge is 0.103 e. The fourth-order valence-corrected chi connectivity index (χ4v) is 3.38. The van der Waals surface area contributed by atoms with E-state index in [1.54, 1.807) is 12.4 Å². The van der Waals surface area contributed by atoms with Gasteiger partial charge in [-0.05, 0) is 52.4 Å². The molecular formula is C14H12BrN3. The molecule has 4 heteroatoms. The Kier molecular flexibility index (Phi) is 2.60. The van der Waals surface area contributed by atoms with Crippen molar-refractivity contribution in [1.82, 2.24) is 9.97 Å². The van der Waals surface area contributed by atoms with Crippen molar-refractivity contribution in [2.45, 2.75) is 25.2 Å². The minimum atomic E-state index is -0.326. The maximum Gasteiger partial charge on any atom is 0.103 e. The number of nitrogens with zero attached hydrogens (tertiary/aromatic N) is 3. The van der Waals surface area contributed by atoms with Crippen LogP contribution in [0.1, 0.15) is 25.3 Å². The lowest BCUT2D eigenvalue weighted by Gasteiger charge is -2.41. The van der Waals surface area contributed by atoms with Crippen molar-refractivity contribution < 1.29 is 0 Å². The molecule has 0 aliphatic heterocycles. The molecule has 3 nitrogen and oxygen atoms in total. The second kappa shape index (κ2) is 4.03. The van der Waals surface area contributed by atoms with E-state index in [0.29, 0.717) is 5.92 Å². The van der Waals surface area contributed by atoms with E-state index in [2.05, 4.69) is 38.9 Å². The molecule has 3 rings (SSSR count). The van der Waals surface area contributed by atoms with Crippen molar-refractivity contribution in [2.24, 2.45) is 5.92 Å². The summed E-state index contributed by atoms with van der Waals surface area (Å²) in [6.45, 7) is 2.19. The van der Waals surface area contributed by atoms with Gasteiger partial charge in [0.2, 0.25) is 0 Å². The minimum absolute atomic E-state index is 0.326. The fourth-order valence-electron chi connectivity index (χ4n) is 2.83. The standard InChI is InChI=1S/C14H12BrN3/c1-9-6-14(7-9,8-16)10-4-11(15)13-12(5-10)17-2-3-18-13/h2-5,9H,6-7H2,1H3. The Morgan fingerprint density at radius 2 is 2.06 bits per heavy atom. The normalized spacial score (nSPS) is 26.6. The molecule has 1 aromatic carbocycles. The van der Waals surface area contributed by atoms with E-state index in [-0.39, 0.29) is 5.41 Å². The van der Waals surface area contributed by atoms with Crippen molar-refractivity contribution in [3.63, 3.8) is 0 Å². The molecule has 0 saturated heterocycles. The van der Waals surface area contributed by atoms with Gasteiger partial charge >= 0.3 is 0 Å². The molecule has 0 radical (unpaired) electrons. The highest BCUT2D eigenvalue weighted by molar-refractivity contribution is 9.10. The third kappa shape index (κ3) is 1.62. The lowest BCUT2D eigenvalue weighted by molar-refractivity contribution is 0.217. The number of aromatic nitrogens is 2. The van der Waals surface area contributed by atoms with E-state index in [1.807, 2.05) is 12.1 Å². The van der Waals surface area contributed by atoms with Gasteiger partial charge in [-0.1, -0.05) is 6.92 Å². The molecule has 2 aromatic rings.